The highest BCUT2D eigenvalue weighted by Crippen LogP contribution is 2.19. The number of carboxylic acid groups (broad SMARTS) is 1. The molecule has 0 aliphatic carbocycles. The van der Waals surface area contributed by atoms with Crippen LogP contribution in [0.1, 0.15) is 11.1 Å². The molecule has 1 aromatic carbocycles. The maximum Gasteiger partial charge on any atom is 0.328 e. The summed E-state index contributed by atoms with van der Waals surface area (Å²) in [6.07, 6.45) is 5.02. The number of hydrazine groups is 1. The molecule has 0 atom stereocenters. The molecule has 0 heterocycles. The van der Waals surface area contributed by atoms with Gasteiger partial charge >= 0.3 is 5.97 Å². The van der Waals surface area contributed by atoms with Gasteiger partial charge in [-0.05, 0) is 23.8 Å². The Balaban J connectivity index is 3.10. The van der Waals surface area contributed by atoms with Crippen molar-refractivity contribution in [2.24, 2.45) is 10.8 Å². The second-order valence-electron chi connectivity index (χ2n) is 3.41. The molecule has 1 rings (SSSR count). The summed E-state index contributed by atoms with van der Waals surface area (Å²) in [5.41, 5.74) is 1.36. The third-order valence-electron chi connectivity index (χ3n) is 2.13. The molecule has 0 unspecified atom stereocenters. The highest BCUT2D eigenvalue weighted by atomic mass is 16.4. The van der Waals surface area contributed by atoms with Crippen LogP contribution in [-0.4, -0.2) is 17.4 Å². The fourth-order valence-corrected chi connectivity index (χ4v) is 1.32. The lowest BCUT2D eigenvalue weighted by atomic mass is 10.1. The third kappa shape index (κ3) is 4.11. The maximum atomic E-state index is 10.4. The summed E-state index contributed by atoms with van der Waals surface area (Å²) in [5.74, 6) is 4.65. The van der Waals surface area contributed by atoms with Crippen LogP contribution in [0.25, 0.3) is 6.08 Å². The number of nitrogens with zero attached hydrogens (tertiary/aromatic N) is 3. The van der Waals surface area contributed by atoms with Gasteiger partial charge in [-0.1, -0.05) is 12.6 Å². The van der Waals surface area contributed by atoms with Gasteiger partial charge in [-0.3, -0.25) is 5.01 Å². The lowest BCUT2D eigenvalue weighted by molar-refractivity contribution is -0.131. The Morgan fingerprint density at radius 1 is 1.58 bits per heavy atom. The zero-order valence-corrected chi connectivity index (χ0v) is 10.0. The Labute approximate surface area is 110 Å². The molecule has 6 heteroatoms. The normalized spacial score (nSPS) is 10.5. The van der Waals surface area contributed by atoms with Gasteiger partial charge in [0.05, 0.1) is 11.3 Å². The Kier molecular flexibility index (Phi) is 5.02. The minimum atomic E-state index is -1.05. The smallest absolute Gasteiger partial charge is 0.328 e. The first kappa shape index (κ1) is 14.2. The number of aliphatic imine (C=N–C) groups is 1. The van der Waals surface area contributed by atoms with E-state index in [4.69, 9.17) is 16.2 Å². The van der Waals surface area contributed by atoms with Crippen LogP contribution in [0.5, 0.6) is 0 Å². The van der Waals surface area contributed by atoms with E-state index in [1.54, 1.807) is 12.1 Å². The molecule has 0 fully saturated rings. The van der Waals surface area contributed by atoms with E-state index in [0.717, 1.165) is 6.08 Å². The number of carboxylic acids is 1. The number of rotatable bonds is 5. The SMILES string of the molecule is C=CN=CN(N)c1ccc(/C=C/C(=O)O)cc1C#N. The van der Waals surface area contributed by atoms with Crippen molar-refractivity contribution in [1.82, 2.24) is 0 Å². The predicted molar refractivity (Wildman–Crippen MR) is 73.2 cm³/mol. The Bertz CT molecular complexity index is 585. The molecule has 0 radical (unpaired) electrons. The van der Waals surface area contributed by atoms with Gasteiger partial charge in [0.1, 0.15) is 12.4 Å². The van der Waals surface area contributed by atoms with Gasteiger partial charge in [-0.15, -0.1) is 0 Å². The number of carbonyl (C=O) groups is 1. The Morgan fingerprint density at radius 3 is 2.89 bits per heavy atom. The zero-order chi connectivity index (χ0) is 14.3. The standard InChI is InChI=1S/C13H12N4O2/c1-2-16-9-17(15)12-5-3-10(4-6-13(18)19)7-11(12)8-14/h2-7,9H,1,15H2,(H,18,19)/b6-4+,16-9?. The van der Waals surface area contributed by atoms with E-state index in [1.165, 1.54) is 29.7 Å². The molecule has 96 valence electrons. The maximum absolute atomic E-state index is 10.4. The average molecular weight is 256 g/mol. The third-order valence-corrected chi connectivity index (χ3v) is 2.13. The van der Waals surface area contributed by atoms with E-state index < -0.39 is 5.97 Å². The van der Waals surface area contributed by atoms with Crippen LogP contribution in [0.4, 0.5) is 5.69 Å². The molecule has 6 nitrogen and oxygen atoms in total. The van der Waals surface area contributed by atoms with E-state index >= 15 is 0 Å². The molecule has 0 amide bonds. The van der Waals surface area contributed by atoms with Gasteiger partial charge in [0.15, 0.2) is 0 Å². The van der Waals surface area contributed by atoms with Gasteiger partial charge < -0.3 is 5.11 Å². The first-order valence-corrected chi connectivity index (χ1v) is 5.21. The second-order valence-corrected chi connectivity index (χ2v) is 3.41. The lowest BCUT2D eigenvalue weighted by Crippen LogP contribution is -2.29. The van der Waals surface area contributed by atoms with E-state index in [1.807, 2.05) is 6.07 Å². The molecule has 19 heavy (non-hydrogen) atoms. The van der Waals surface area contributed by atoms with Gasteiger partial charge in [0.2, 0.25) is 0 Å². The summed E-state index contributed by atoms with van der Waals surface area (Å²) in [7, 11) is 0. The van der Waals surface area contributed by atoms with Crippen molar-refractivity contribution in [3.63, 3.8) is 0 Å². The molecule has 0 aliphatic rings. The minimum absolute atomic E-state index is 0.311. The summed E-state index contributed by atoms with van der Waals surface area (Å²) in [4.78, 5) is 14.2. The van der Waals surface area contributed by atoms with Crippen molar-refractivity contribution in [2.45, 2.75) is 0 Å². The minimum Gasteiger partial charge on any atom is -0.478 e. The summed E-state index contributed by atoms with van der Waals surface area (Å²) >= 11 is 0. The summed E-state index contributed by atoms with van der Waals surface area (Å²) in [6.45, 7) is 3.41. The van der Waals surface area contributed by atoms with Crippen LogP contribution in [0, 0.1) is 11.3 Å². The second kappa shape index (κ2) is 6.74. The van der Waals surface area contributed by atoms with Crippen LogP contribution in [0.3, 0.4) is 0 Å². The van der Waals surface area contributed by atoms with Crippen LogP contribution in [0.15, 0.2) is 42.0 Å². The van der Waals surface area contributed by atoms with Crippen LogP contribution in [-0.2, 0) is 4.79 Å². The highest BCUT2D eigenvalue weighted by Gasteiger charge is 2.06. The fourth-order valence-electron chi connectivity index (χ4n) is 1.32. The molecule has 0 bridgehead atoms. The van der Waals surface area contributed by atoms with E-state index in [0.29, 0.717) is 16.8 Å². The van der Waals surface area contributed by atoms with E-state index in [2.05, 4.69) is 11.6 Å². The lowest BCUT2D eigenvalue weighted by Gasteiger charge is -2.14. The largest absolute Gasteiger partial charge is 0.478 e. The fraction of sp³-hybridized carbons (Fsp3) is 0. The van der Waals surface area contributed by atoms with Gasteiger partial charge in [0, 0.05) is 12.3 Å². The summed E-state index contributed by atoms with van der Waals surface area (Å²) in [6, 6.07) is 6.78. The van der Waals surface area contributed by atoms with Crippen LogP contribution < -0.4 is 10.9 Å². The number of hydrogen-bond acceptors (Lipinski definition) is 4. The molecule has 0 aliphatic heterocycles. The summed E-state index contributed by atoms with van der Waals surface area (Å²) in [5, 5.41) is 18.8. The van der Waals surface area contributed by atoms with Gasteiger partial charge in [0.25, 0.3) is 0 Å². The number of benzene rings is 1. The van der Waals surface area contributed by atoms with Crippen molar-refractivity contribution in [2.75, 3.05) is 5.01 Å². The zero-order valence-electron chi connectivity index (χ0n) is 10.0. The van der Waals surface area contributed by atoms with Crippen molar-refractivity contribution >= 4 is 24.1 Å². The Morgan fingerprint density at radius 2 is 2.32 bits per heavy atom. The average Bonchev–Trinajstić information content (AvgIpc) is 2.42. The molecular formula is C13H12N4O2. The number of nitriles is 1. The first-order valence-electron chi connectivity index (χ1n) is 5.21. The van der Waals surface area contributed by atoms with Crippen molar-refractivity contribution in [3.8, 4) is 6.07 Å². The monoisotopic (exact) mass is 256 g/mol. The van der Waals surface area contributed by atoms with Crippen molar-refractivity contribution in [1.29, 1.82) is 5.26 Å². The molecule has 3 N–H and O–H groups in total. The number of anilines is 1. The van der Waals surface area contributed by atoms with Crippen LogP contribution in [0.2, 0.25) is 0 Å². The summed E-state index contributed by atoms with van der Waals surface area (Å²) < 4.78 is 0. The molecular weight excluding hydrogens is 244 g/mol. The first-order chi connectivity index (χ1) is 9.08. The quantitative estimate of drug-likeness (QED) is 0.273. The molecule has 0 saturated heterocycles. The molecule has 0 aromatic heterocycles. The van der Waals surface area contributed by atoms with Gasteiger partial charge in [-0.25, -0.2) is 15.6 Å². The topological polar surface area (TPSA) is 103 Å². The van der Waals surface area contributed by atoms with E-state index in [-0.39, 0.29) is 0 Å². The number of nitrogens with two attached hydrogens (primary N) is 1. The molecule has 0 spiro atoms. The van der Waals surface area contributed by atoms with E-state index in [9.17, 15) is 4.79 Å². The van der Waals surface area contributed by atoms with Crippen LogP contribution >= 0.6 is 0 Å². The Hall–Kier alpha value is -2.91. The molecule has 0 saturated carbocycles. The van der Waals surface area contributed by atoms with Crippen molar-refractivity contribution in [3.05, 3.63) is 48.2 Å². The van der Waals surface area contributed by atoms with Gasteiger partial charge in [-0.2, -0.15) is 5.26 Å². The van der Waals surface area contributed by atoms with Crippen molar-refractivity contribution < 1.29 is 9.90 Å². The highest BCUT2D eigenvalue weighted by molar-refractivity contribution is 5.86. The predicted octanol–water partition coefficient (Wildman–Crippen LogP) is 1.51. The molecule has 1 aromatic rings. The number of hydrogen-bond donors (Lipinski definition) is 2. The number of aliphatic carboxylic acids is 1.